The second-order valence-electron chi connectivity index (χ2n) is 4.50. The Hall–Kier alpha value is -1.69. The standard InChI is InChI=1S/C13H17F2N3O/c14-10-1-2-12(11(15)9-10)17-5-7-18(8-6-17)13(19)3-4-16/h1-2,9H,3-8,16H2. The summed E-state index contributed by atoms with van der Waals surface area (Å²) in [6.07, 6.45) is 0.338. The number of carbonyl (C=O) groups is 1. The van der Waals surface area contributed by atoms with Crippen LogP contribution in [0.1, 0.15) is 6.42 Å². The number of piperazine rings is 1. The first-order valence-corrected chi connectivity index (χ1v) is 6.29. The number of halogens is 2. The summed E-state index contributed by atoms with van der Waals surface area (Å²) in [7, 11) is 0. The maximum atomic E-state index is 13.6. The van der Waals surface area contributed by atoms with Gasteiger partial charge >= 0.3 is 0 Å². The van der Waals surface area contributed by atoms with Crippen molar-refractivity contribution in [1.29, 1.82) is 0 Å². The molecular weight excluding hydrogens is 252 g/mol. The zero-order valence-electron chi connectivity index (χ0n) is 10.6. The SMILES string of the molecule is NCCC(=O)N1CCN(c2ccc(F)cc2F)CC1. The Labute approximate surface area is 110 Å². The summed E-state index contributed by atoms with van der Waals surface area (Å²) in [5.41, 5.74) is 5.73. The molecule has 0 aliphatic carbocycles. The van der Waals surface area contributed by atoms with E-state index in [1.165, 1.54) is 12.1 Å². The fraction of sp³-hybridized carbons (Fsp3) is 0.462. The van der Waals surface area contributed by atoms with Crippen molar-refractivity contribution >= 4 is 11.6 Å². The van der Waals surface area contributed by atoms with E-state index in [9.17, 15) is 13.6 Å². The van der Waals surface area contributed by atoms with Gasteiger partial charge in [0, 0.05) is 45.2 Å². The first-order valence-electron chi connectivity index (χ1n) is 6.29. The lowest BCUT2D eigenvalue weighted by molar-refractivity contribution is -0.131. The zero-order valence-corrected chi connectivity index (χ0v) is 10.6. The fourth-order valence-electron chi connectivity index (χ4n) is 2.22. The van der Waals surface area contributed by atoms with Crippen molar-refractivity contribution in [3.8, 4) is 0 Å². The zero-order chi connectivity index (χ0) is 13.8. The summed E-state index contributed by atoms with van der Waals surface area (Å²) >= 11 is 0. The van der Waals surface area contributed by atoms with E-state index in [0.717, 1.165) is 6.07 Å². The quantitative estimate of drug-likeness (QED) is 0.889. The average molecular weight is 269 g/mol. The van der Waals surface area contributed by atoms with Crippen LogP contribution in [-0.2, 0) is 4.79 Å². The number of carbonyl (C=O) groups excluding carboxylic acids is 1. The minimum absolute atomic E-state index is 0.0294. The molecule has 1 aromatic carbocycles. The maximum Gasteiger partial charge on any atom is 0.223 e. The van der Waals surface area contributed by atoms with Crippen molar-refractivity contribution in [2.45, 2.75) is 6.42 Å². The molecule has 0 atom stereocenters. The lowest BCUT2D eigenvalue weighted by Crippen LogP contribution is -2.49. The van der Waals surface area contributed by atoms with E-state index < -0.39 is 11.6 Å². The van der Waals surface area contributed by atoms with Gasteiger partial charge in [-0.25, -0.2) is 8.78 Å². The van der Waals surface area contributed by atoms with Crippen LogP contribution >= 0.6 is 0 Å². The molecule has 0 saturated carbocycles. The van der Waals surface area contributed by atoms with Crippen molar-refractivity contribution in [2.24, 2.45) is 5.73 Å². The molecule has 1 fully saturated rings. The lowest BCUT2D eigenvalue weighted by Gasteiger charge is -2.36. The Morgan fingerprint density at radius 1 is 1.21 bits per heavy atom. The molecule has 104 valence electrons. The minimum atomic E-state index is -0.585. The fourth-order valence-corrected chi connectivity index (χ4v) is 2.22. The maximum absolute atomic E-state index is 13.6. The summed E-state index contributed by atoms with van der Waals surface area (Å²) in [5.74, 6) is -1.12. The molecule has 19 heavy (non-hydrogen) atoms. The van der Waals surface area contributed by atoms with Gasteiger partial charge in [0.05, 0.1) is 5.69 Å². The van der Waals surface area contributed by atoms with Gasteiger partial charge in [0.25, 0.3) is 0 Å². The second kappa shape index (κ2) is 5.97. The summed E-state index contributed by atoms with van der Waals surface area (Å²) in [5, 5.41) is 0. The van der Waals surface area contributed by atoms with Crippen molar-refractivity contribution < 1.29 is 13.6 Å². The van der Waals surface area contributed by atoms with Crippen LogP contribution in [0.4, 0.5) is 14.5 Å². The lowest BCUT2D eigenvalue weighted by atomic mass is 10.2. The van der Waals surface area contributed by atoms with Gasteiger partial charge in [0.2, 0.25) is 5.91 Å². The van der Waals surface area contributed by atoms with Gasteiger partial charge in [0.15, 0.2) is 0 Å². The third kappa shape index (κ3) is 3.20. The van der Waals surface area contributed by atoms with Crippen molar-refractivity contribution in [2.75, 3.05) is 37.6 Å². The Kier molecular flexibility index (Phi) is 4.31. The highest BCUT2D eigenvalue weighted by molar-refractivity contribution is 5.76. The topological polar surface area (TPSA) is 49.6 Å². The Balaban J connectivity index is 1.98. The number of hydrogen-bond donors (Lipinski definition) is 1. The van der Waals surface area contributed by atoms with E-state index in [0.29, 0.717) is 44.8 Å². The molecule has 2 rings (SSSR count). The highest BCUT2D eigenvalue weighted by Gasteiger charge is 2.22. The van der Waals surface area contributed by atoms with Gasteiger partial charge < -0.3 is 15.5 Å². The Morgan fingerprint density at radius 3 is 2.47 bits per heavy atom. The molecule has 2 N–H and O–H groups in total. The molecule has 0 radical (unpaired) electrons. The van der Waals surface area contributed by atoms with Crippen LogP contribution in [0.3, 0.4) is 0 Å². The molecule has 1 saturated heterocycles. The summed E-state index contributed by atoms with van der Waals surface area (Å²) in [6.45, 7) is 2.49. The van der Waals surface area contributed by atoms with Crippen molar-refractivity contribution in [1.82, 2.24) is 4.90 Å². The van der Waals surface area contributed by atoms with Gasteiger partial charge in [-0.1, -0.05) is 0 Å². The molecule has 1 amide bonds. The van der Waals surface area contributed by atoms with Gasteiger partial charge in [-0.2, -0.15) is 0 Å². The van der Waals surface area contributed by atoms with Crippen LogP contribution in [0, 0.1) is 11.6 Å². The predicted molar refractivity (Wildman–Crippen MR) is 68.8 cm³/mol. The number of benzene rings is 1. The van der Waals surface area contributed by atoms with Crippen molar-refractivity contribution in [3.05, 3.63) is 29.8 Å². The Bertz CT molecular complexity index is 459. The Morgan fingerprint density at radius 2 is 1.89 bits per heavy atom. The van der Waals surface area contributed by atoms with Crippen LogP contribution in [0.2, 0.25) is 0 Å². The van der Waals surface area contributed by atoms with Gasteiger partial charge in [0.1, 0.15) is 11.6 Å². The normalized spacial score (nSPS) is 15.7. The third-order valence-corrected chi connectivity index (χ3v) is 3.24. The second-order valence-corrected chi connectivity index (χ2v) is 4.50. The van der Waals surface area contributed by atoms with E-state index in [-0.39, 0.29) is 5.91 Å². The molecule has 0 bridgehead atoms. The summed E-state index contributed by atoms with van der Waals surface area (Å²) in [6, 6.07) is 3.55. The smallest absolute Gasteiger partial charge is 0.223 e. The molecule has 0 aromatic heterocycles. The molecule has 0 spiro atoms. The molecule has 4 nitrogen and oxygen atoms in total. The predicted octanol–water partition coefficient (Wildman–Crippen LogP) is 0.962. The van der Waals surface area contributed by atoms with Crippen LogP contribution in [0.15, 0.2) is 18.2 Å². The van der Waals surface area contributed by atoms with Crippen molar-refractivity contribution in [3.63, 3.8) is 0 Å². The third-order valence-electron chi connectivity index (χ3n) is 3.24. The summed E-state index contributed by atoms with van der Waals surface area (Å²) < 4.78 is 26.5. The number of hydrogen-bond acceptors (Lipinski definition) is 3. The number of nitrogens with zero attached hydrogens (tertiary/aromatic N) is 2. The molecule has 0 unspecified atom stereocenters. The minimum Gasteiger partial charge on any atom is -0.366 e. The molecular formula is C13H17F2N3O. The average Bonchev–Trinajstić information content (AvgIpc) is 2.39. The van der Waals surface area contributed by atoms with Crippen LogP contribution < -0.4 is 10.6 Å². The number of nitrogens with two attached hydrogens (primary N) is 1. The number of anilines is 1. The molecule has 1 aromatic rings. The molecule has 6 heteroatoms. The van der Waals surface area contributed by atoms with Crippen LogP contribution in [0.5, 0.6) is 0 Å². The highest BCUT2D eigenvalue weighted by atomic mass is 19.1. The van der Waals surface area contributed by atoms with Gasteiger partial charge in [-0.3, -0.25) is 4.79 Å². The van der Waals surface area contributed by atoms with Gasteiger partial charge in [-0.15, -0.1) is 0 Å². The van der Waals surface area contributed by atoms with Crippen LogP contribution in [0.25, 0.3) is 0 Å². The largest absolute Gasteiger partial charge is 0.366 e. The number of amides is 1. The molecule has 1 aliphatic heterocycles. The monoisotopic (exact) mass is 269 g/mol. The van der Waals surface area contributed by atoms with E-state index >= 15 is 0 Å². The van der Waals surface area contributed by atoms with Gasteiger partial charge in [-0.05, 0) is 12.1 Å². The van der Waals surface area contributed by atoms with E-state index in [4.69, 9.17) is 5.73 Å². The van der Waals surface area contributed by atoms with E-state index in [1.807, 2.05) is 4.90 Å². The first-order chi connectivity index (χ1) is 9.11. The first kappa shape index (κ1) is 13.7. The molecule has 1 aliphatic rings. The van der Waals surface area contributed by atoms with Crippen LogP contribution in [-0.4, -0.2) is 43.5 Å². The molecule has 1 heterocycles. The van der Waals surface area contributed by atoms with E-state index in [1.54, 1.807) is 4.90 Å². The van der Waals surface area contributed by atoms with E-state index in [2.05, 4.69) is 0 Å². The summed E-state index contributed by atoms with van der Waals surface area (Å²) in [4.78, 5) is 15.2. The highest BCUT2D eigenvalue weighted by Crippen LogP contribution is 2.21. The number of rotatable bonds is 3.